The van der Waals surface area contributed by atoms with Crippen LogP contribution in [0.1, 0.15) is 18.7 Å². The second-order valence-corrected chi connectivity index (χ2v) is 4.73. The van der Waals surface area contributed by atoms with E-state index in [1.54, 1.807) is 16.9 Å². The first-order chi connectivity index (χ1) is 8.08. The molecule has 0 aliphatic carbocycles. The summed E-state index contributed by atoms with van der Waals surface area (Å²) in [5.74, 6) is -0.271. The first-order valence-electron chi connectivity index (χ1n) is 5.27. The van der Waals surface area contributed by atoms with E-state index in [-0.39, 0.29) is 11.9 Å². The van der Waals surface area contributed by atoms with Gasteiger partial charge in [0.25, 0.3) is 0 Å². The number of rotatable bonds is 3. The summed E-state index contributed by atoms with van der Waals surface area (Å²) in [6, 6.07) is 7.00. The van der Waals surface area contributed by atoms with Crippen molar-refractivity contribution in [3.05, 3.63) is 46.4 Å². The van der Waals surface area contributed by atoms with Crippen molar-refractivity contribution in [2.75, 3.05) is 5.32 Å². The third-order valence-electron chi connectivity index (χ3n) is 2.61. The molecule has 1 atom stereocenters. The highest BCUT2D eigenvalue weighted by Crippen LogP contribution is 2.23. The van der Waals surface area contributed by atoms with Gasteiger partial charge >= 0.3 is 0 Å². The summed E-state index contributed by atoms with van der Waals surface area (Å²) in [5, 5.41) is 7.34. The Balaban J connectivity index is 2.16. The molecule has 17 heavy (non-hydrogen) atoms. The van der Waals surface area contributed by atoms with E-state index >= 15 is 0 Å². The highest BCUT2D eigenvalue weighted by molar-refractivity contribution is 9.10. The van der Waals surface area contributed by atoms with Gasteiger partial charge in [-0.2, -0.15) is 5.10 Å². The van der Waals surface area contributed by atoms with Crippen molar-refractivity contribution >= 4 is 21.6 Å². The van der Waals surface area contributed by atoms with Gasteiger partial charge in [-0.1, -0.05) is 0 Å². The maximum absolute atomic E-state index is 13.3. The summed E-state index contributed by atoms with van der Waals surface area (Å²) in [6.45, 7) is 2.01. The van der Waals surface area contributed by atoms with Crippen LogP contribution < -0.4 is 5.32 Å². The maximum Gasteiger partial charge on any atom is 0.139 e. The number of aromatic nitrogens is 2. The molecule has 0 saturated carbocycles. The lowest BCUT2D eigenvalue weighted by molar-refractivity contribution is 0.620. The largest absolute Gasteiger partial charge is 0.377 e. The molecule has 0 aliphatic heterocycles. The first-order valence-corrected chi connectivity index (χ1v) is 6.06. The predicted octanol–water partition coefficient (Wildman–Crippen LogP) is 3.49. The van der Waals surface area contributed by atoms with Gasteiger partial charge in [0, 0.05) is 18.9 Å². The van der Waals surface area contributed by atoms with Gasteiger partial charge in [-0.05, 0) is 47.1 Å². The molecule has 0 aliphatic rings. The van der Waals surface area contributed by atoms with Crippen molar-refractivity contribution in [3.8, 4) is 0 Å². The highest BCUT2D eigenvalue weighted by Gasteiger charge is 2.09. The van der Waals surface area contributed by atoms with Gasteiger partial charge in [-0.15, -0.1) is 0 Å². The Morgan fingerprint density at radius 2 is 2.18 bits per heavy atom. The number of benzene rings is 1. The van der Waals surface area contributed by atoms with Crippen LogP contribution >= 0.6 is 15.9 Å². The molecule has 1 aromatic carbocycles. The second-order valence-electron chi connectivity index (χ2n) is 3.87. The van der Waals surface area contributed by atoms with Crippen LogP contribution in [0.25, 0.3) is 0 Å². The van der Waals surface area contributed by atoms with Crippen molar-refractivity contribution in [3.63, 3.8) is 0 Å². The molecule has 5 heteroatoms. The molecule has 1 N–H and O–H groups in total. The Kier molecular flexibility index (Phi) is 3.47. The minimum absolute atomic E-state index is 0.0723. The fourth-order valence-corrected chi connectivity index (χ4v) is 1.97. The van der Waals surface area contributed by atoms with E-state index in [0.29, 0.717) is 4.47 Å². The van der Waals surface area contributed by atoms with Gasteiger partial charge in [0.2, 0.25) is 0 Å². The summed E-state index contributed by atoms with van der Waals surface area (Å²) in [5.41, 5.74) is 1.80. The Morgan fingerprint density at radius 3 is 2.76 bits per heavy atom. The van der Waals surface area contributed by atoms with E-state index in [1.165, 1.54) is 6.07 Å². The summed E-state index contributed by atoms with van der Waals surface area (Å²) in [7, 11) is 1.88. The molecule has 1 heterocycles. The van der Waals surface area contributed by atoms with E-state index in [2.05, 4.69) is 26.3 Å². The van der Waals surface area contributed by atoms with Gasteiger partial charge in [-0.3, -0.25) is 4.68 Å². The summed E-state index contributed by atoms with van der Waals surface area (Å²) < 4.78 is 15.6. The number of hydrogen-bond donors (Lipinski definition) is 1. The minimum Gasteiger partial charge on any atom is -0.377 e. The number of nitrogens with zero attached hydrogens (tertiary/aromatic N) is 2. The third kappa shape index (κ3) is 2.66. The third-order valence-corrected chi connectivity index (χ3v) is 3.25. The molecule has 0 fully saturated rings. The van der Waals surface area contributed by atoms with Gasteiger partial charge in [-0.25, -0.2) is 4.39 Å². The standard InChI is InChI=1S/C12H13BrFN3/c1-8(12-5-6-15-17(12)2)16-9-3-4-10(13)11(14)7-9/h3-8,16H,1-2H3. The topological polar surface area (TPSA) is 29.9 Å². The van der Waals surface area contributed by atoms with Gasteiger partial charge in [0.05, 0.1) is 16.2 Å². The lowest BCUT2D eigenvalue weighted by Crippen LogP contribution is -2.11. The molecule has 3 nitrogen and oxygen atoms in total. The predicted molar refractivity (Wildman–Crippen MR) is 69.3 cm³/mol. The number of hydrogen-bond acceptors (Lipinski definition) is 2. The fourth-order valence-electron chi connectivity index (χ4n) is 1.72. The van der Waals surface area contributed by atoms with Crippen molar-refractivity contribution in [1.82, 2.24) is 9.78 Å². The molecule has 0 radical (unpaired) electrons. The van der Waals surface area contributed by atoms with E-state index < -0.39 is 0 Å². The zero-order valence-electron chi connectivity index (χ0n) is 9.61. The Labute approximate surface area is 108 Å². The van der Waals surface area contributed by atoms with Crippen LogP contribution in [0.4, 0.5) is 10.1 Å². The molecule has 1 aromatic heterocycles. The average molecular weight is 298 g/mol. The minimum atomic E-state index is -0.271. The highest BCUT2D eigenvalue weighted by atomic mass is 79.9. The molecule has 2 rings (SSSR count). The molecule has 0 saturated heterocycles. The van der Waals surface area contributed by atoms with Crippen LogP contribution in [0.5, 0.6) is 0 Å². The van der Waals surface area contributed by atoms with Crippen LogP contribution in [-0.2, 0) is 7.05 Å². The lowest BCUT2D eigenvalue weighted by atomic mass is 10.2. The smallest absolute Gasteiger partial charge is 0.139 e. The quantitative estimate of drug-likeness (QED) is 0.940. The van der Waals surface area contributed by atoms with Crippen LogP contribution in [0, 0.1) is 5.82 Å². The number of halogens is 2. The maximum atomic E-state index is 13.3. The molecule has 2 aromatic rings. The lowest BCUT2D eigenvalue weighted by Gasteiger charge is -2.15. The van der Waals surface area contributed by atoms with Gasteiger partial charge in [0.15, 0.2) is 0 Å². The Hall–Kier alpha value is -1.36. The number of nitrogens with one attached hydrogen (secondary N) is 1. The molecular weight excluding hydrogens is 285 g/mol. The molecular formula is C12H13BrFN3. The van der Waals surface area contributed by atoms with Crippen LogP contribution in [-0.4, -0.2) is 9.78 Å². The van der Waals surface area contributed by atoms with Crippen molar-refractivity contribution in [1.29, 1.82) is 0 Å². The summed E-state index contributed by atoms with van der Waals surface area (Å²) in [6.07, 6.45) is 1.75. The molecule has 1 unspecified atom stereocenters. The van der Waals surface area contributed by atoms with Crippen molar-refractivity contribution in [2.24, 2.45) is 7.05 Å². The fraction of sp³-hybridized carbons (Fsp3) is 0.250. The van der Waals surface area contributed by atoms with Gasteiger partial charge < -0.3 is 5.32 Å². The monoisotopic (exact) mass is 297 g/mol. The zero-order valence-corrected chi connectivity index (χ0v) is 11.2. The number of anilines is 1. The van der Waals surface area contributed by atoms with Crippen LogP contribution in [0.15, 0.2) is 34.9 Å². The summed E-state index contributed by atoms with van der Waals surface area (Å²) in [4.78, 5) is 0. The van der Waals surface area contributed by atoms with E-state index in [0.717, 1.165) is 11.4 Å². The SMILES string of the molecule is CC(Nc1ccc(Br)c(F)c1)c1ccnn1C. The zero-order chi connectivity index (χ0) is 12.4. The summed E-state index contributed by atoms with van der Waals surface area (Å²) >= 11 is 3.13. The van der Waals surface area contributed by atoms with E-state index in [1.807, 2.05) is 26.1 Å². The molecule has 0 bridgehead atoms. The van der Waals surface area contributed by atoms with Crippen molar-refractivity contribution < 1.29 is 4.39 Å². The normalized spacial score (nSPS) is 12.5. The Bertz CT molecular complexity index is 524. The molecule has 0 amide bonds. The first kappa shape index (κ1) is 12.1. The average Bonchev–Trinajstić information content (AvgIpc) is 2.70. The molecule has 90 valence electrons. The second kappa shape index (κ2) is 4.87. The Morgan fingerprint density at radius 1 is 1.41 bits per heavy atom. The number of aryl methyl sites for hydroxylation is 1. The van der Waals surface area contributed by atoms with Crippen LogP contribution in [0.3, 0.4) is 0 Å². The van der Waals surface area contributed by atoms with Crippen molar-refractivity contribution in [2.45, 2.75) is 13.0 Å². The van der Waals surface area contributed by atoms with Gasteiger partial charge in [0.1, 0.15) is 5.82 Å². The van der Waals surface area contributed by atoms with E-state index in [4.69, 9.17) is 0 Å². The molecule has 0 spiro atoms. The van der Waals surface area contributed by atoms with Crippen LogP contribution in [0.2, 0.25) is 0 Å². The van der Waals surface area contributed by atoms with E-state index in [9.17, 15) is 4.39 Å².